The Kier molecular flexibility index (Phi) is 6.09. The maximum absolute atomic E-state index is 9.67. The Morgan fingerprint density at radius 2 is 1.24 bits per heavy atom. The van der Waals surface area contributed by atoms with Gasteiger partial charge in [0, 0.05) is 5.56 Å². The number of aliphatic hydroxyl groups excluding tert-OH is 1. The van der Waals surface area contributed by atoms with Gasteiger partial charge < -0.3 is 14.6 Å². The summed E-state index contributed by atoms with van der Waals surface area (Å²) in [5, 5.41) is 9.67. The molecule has 0 amide bonds. The molecule has 0 aliphatic heterocycles. The minimum absolute atomic E-state index is 0.112. The summed E-state index contributed by atoms with van der Waals surface area (Å²) < 4.78 is 12.5. The van der Waals surface area contributed by atoms with Crippen LogP contribution in [0.15, 0.2) is 77.3 Å². The first-order valence-electron chi connectivity index (χ1n) is 8.03. The SMILES string of the molecule is OCc1cc(OCc2ccccc2)c(Br)cc1OCc1ccccc1. The van der Waals surface area contributed by atoms with Crippen LogP contribution in [0.1, 0.15) is 16.7 Å². The first kappa shape index (κ1) is 17.5. The second-order valence-electron chi connectivity index (χ2n) is 5.60. The van der Waals surface area contributed by atoms with E-state index in [0.717, 1.165) is 15.6 Å². The Morgan fingerprint density at radius 1 is 0.720 bits per heavy atom. The number of benzene rings is 3. The van der Waals surface area contributed by atoms with Crippen LogP contribution in [0.3, 0.4) is 0 Å². The van der Waals surface area contributed by atoms with E-state index in [4.69, 9.17) is 9.47 Å². The molecule has 3 nitrogen and oxygen atoms in total. The molecule has 0 fully saturated rings. The van der Waals surface area contributed by atoms with E-state index in [-0.39, 0.29) is 6.61 Å². The predicted molar refractivity (Wildman–Crippen MR) is 102 cm³/mol. The van der Waals surface area contributed by atoms with Crippen molar-refractivity contribution in [3.05, 3.63) is 94.0 Å². The second kappa shape index (κ2) is 8.70. The van der Waals surface area contributed by atoms with Gasteiger partial charge in [-0.2, -0.15) is 0 Å². The summed E-state index contributed by atoms with van der Waals surface area (Å²) in [4.78, 5) is 0. The highest BCUT2D eigenvalue weighted by molar-refractivity contribution is 9.10. The van der Waals surface area contributed by atoms with Crippen molar-refractivity contribution in [2.24, 2.45) is 0 Å². The van der Waals surface area contributed by atoms with Crippen LogP contribution in [-0.2, 0) is 19.8 Å². The summed E-state index contributed by atoms with van der Waals surface area (Å²) in [6.07, 6.45) is 0. The van der Waals surface area contributed by atoms with Crippen molar-refractivity contribution in [1.82, 2.24) is 0 Å². The van der Waals surface area contributed by atoms with Gasteiger partial charge in [0.05, 0.1) is 11.1 Å². The lowest BCUT2D eigenvalue weighted by Crippen LogP contribution is -2.01. The van der Waals surface area contributed by atoms with Crippen molar-refractivity contribution in [3.63, 3.8) is 0 Å². The van der Waals surface area contributed by atoms with E-state index in [1.807, 2.05) is 72.8 Å². The van der Waals surface area contributed by atoms with E-state index in [1.165, 1.54) is 0 Å². The number of hydrogen-bond donors (Lipinski definition) is 1. The predicted octanol–water partition coefficient (Wildman–Crippen LogP) is 5.10. The van der Waals surface area contributed by atoms with Gasteiger partial charge in [-0.1, -0.05) is 60.7 Å². The van der Waals surface area contributed by atoms with Gasteiger partial charge in [0.1, 0.15) is 24.7 Å². The normalized spacial score (nSPS) is 10.5. The summed E-state index contributed by atoms with van der Waals surface area (Å²) in [7, 11) is 0. The fraction of sp³-hybridized carbons (Fsp3) is 0.143. The summed E-state index contributed by atoms with van der Waals surface area (Å²) in [5.41, 5.74) is 2.86. The molecule has 0 unspecified atom stereocenters. The molecule has 0 aliphatic carbocycles. The Bertz CT molecular complexity index is 804. The molecular weight excluding hydrogens is 380 g/mol. The standard InChI is InChI=1S/C21H19BrO3/c22-19-12-20(24-14-16-7-3-1-4-8-16)18(13-23)11-21(19)25-15-17-9-5-2-6-10-17/h1-12,23H,13-15H2. The van der Waals surface area contributed by atoms with Gasteiger partial charge in [-0.15, -0.1) is 0 Å². The molecule has 0 aliphatic rings. The zero-order valence-corrected chi connectivity index (χ0v) is 15.3. The van der Waals surface area contributed by atoms with E-state index in [0.29, 0.717) is 30.3 Å². The van der Waals surface area contributed by atoms with Crippen molar-refractivity contribution in [3.8, 4) is 11.5 Å². The van der Waals surface area contributed by atoms with Gasteiger partial charge in [-0.25, -0.2) is 0 Å². The van der Waals surface area contributed by atoms with Gasteiger partial charge >= 0.3 is 0 Å². The van der Waals surface area contributed by atoms with Crippen molar-refractivity contribution >= 4 is 15.9 Å². The van der Waals surface area contributed by atoms with Gasteiger partial charge in [-0.3, -0.25) is 0 Å². The van der Waals surface area contributed by atoms with Gasteiger partial charge in [0.15, 0.2) is 0 Å². The van der Waals surface area contributed by atoms with E-state index in [1.54, 1.807) is 0 Å². The van der Waals surface area contributed by atoms with Crippen LogP contribution in [0, 0.1) is 0 Å². The Balaban J connectivity index is 1.71. The fourth-order valence-electron chi connectivity index (χ4n) is 2.42. The van der Waals surface area contributed by atoms with Crippen LogP contribution in [0.2, 0.25) is 0 Å². The monoisotopic (exact) mass is 398 g/mol. The zero-order chi connectivity index (χ0) is 17.5. The molecule has 0 saturated carbocycles. The Hall–Kier alpha value is -2.30. The lowest BCUT2D eigenvalue weighted by Gasteiger charge is -2.15. The molecule has 0 radical (unpaired) electrons. The number of halogens is 1. The molecule has 1 N–H and O–H groups in total. The third-order valence-corrected chi connectivity index (χ3v) is 4.38. The molecule has 3 aromatic carbocycles. The minimum Gasteiger partial charge on any atom is -0.488 e. The number of ether oxygens (including phenoxy) is 2. The van der Waals surface area contributed by atoms with Crippen molar-refractivity contribution in [2.45, 2.75) is 19.8 Å². The number of rotatable bonds is 7. The van der Waals surface area contributed by atoms with Crippen LogP contribution in [-0.4, -0.2) is 5.11 Å². The highest BCUT2D eigenvalue weighted by atomic mass is 79.9. The van der Waals surface area contributed by atoms with Gasteiger partial charge in [0.2, 0.25) is 0 Å². The van der Waals surface area contributed by atoms with Crippen molar-refractivity contribution in [1.29, 1.82) is 0 Å². The average molecular weight is 399 g/mol. The van der Waals surface area contributed by atoms with Crippen LogP contribution < -0.4 is 9.47 Å². The lowest BCUT2D eigenvalue weighted by molar-refractivity contribution is 0.255. The highest BCUT2D eigenvalue weighted by Gasteiger charge is 2.11. The Morgan fingerprint density at radius 3 is 1.76 bits per heavy atom. The van der Waals surface area contributed by atoms with Crippen LogP contribution >= 0.6 is 15.9 Å². The molecule has 0 saturated heterocycles. The summed E-state index contributed by atoms with van der Waals surface area (Å²) in [5.74, 6) is 1.32. The molecule has 0 atom stereocenters. The van der Waals surface area contributed by atoms with Crippen LogP contribution in [0.5, 0.6) is 11.5 Å². The summed E-state index contributed by atoms with van der Waals surface area (Å²) >= 11 is 3.52. The van der Waals surface area contributed by atoms with Crippen molar-refractivity contribution in [2.75, 3.05) is 0 Å². The Labute approximate surface area is 156 Å². The largest absolute Gasteiger partial charge is 0.488 e. The molecule has 0 aromatic heterocycles. The smallest absolute Gasteiger partial charge is 0.134 e. The third-order valence-electron chi connectivity index (χ3n) is 3.76. The number of hydrogen-bond acceptors (Lipinski definition) is 3. The zero-order valence-electron chi connectivity index (χ0n) is 13.7. The molecule has 0 bridgehead atoms. The molecular formula is C21H19BrO3. The molecule has 25 heavy (non-hydrogen) atoms. The van der Waals surface area contributed by atoms with Gasteiger partial charge in [0.25, 0.3) is 0 Å². The molecule has 4 heteroatoms. The summed E-state index contributed by atoms with van der Waals surface area (Å²) in [6.45, 7) is 0.804. The number of aliphatic hydroxyl groups is 1. The topological polar surface area (TPSA) is 38.7 Å². The maximum Gasteiger partial charge on any atom is 0.134 e. The quantitative estimate of drug-likeness (QED) is 0.601. The molecule has 3 aromatic rings. The lowest BCUT2D eigenvalue weighted by atomic mass is 10.2. The molecule has 0 spiro atoms. The van der Waals surface area contributed by atoms with E-state index in [2.05, 4.69) is 15.9 Å². The van der Waals surface area contributed by atoms with Crippen molar-refractivity contribution < 1.29 is 14.6 Å². The fourth-order valence-corrected chi connectivity index (χ4v) is 2.85. The van der Waals surface area contributed by atoms with E-state index < -0.39 is 0 Å². The van der Waals surface area contributed by atoms with E-state index >= 15 is 0 Å². The first-order valence-corrected chi connectivity index (χ1v) is 8.82. The van der Waals surface area contributed by atoms with E-state index in [9.17, 15) is 5.11 Å². The molecule has 0 heterocycles. The molecule has 3 rings (SSSR count). The molecule has 128 valence electrons. The van der Waals surface area contributed by atoms with Crippen LogP contribution in [0.4, 0.5) is 0 Å². The summed E-state index contributed by atoms with van der Waals surface area (Å²) in [6, 6.07) is 23.5. The minimum atomic E-state index is -0.112. The maximum atomic E-state index is 9.67. The highest BCUT2D eigenvalue weighted by Crippen LogP contribution is 2.34. The average Bonchev–Trinajstić information content (AvgIpc) is 2.67. The second-order valence-corrected chi connectivity index (χ2v) is 6.45. The van der Waals surface area contributed by atoms with Gasteiger partial charge in [-0.05, 0) is 39.2 Å². The third kappa shape index (κ3) is 4.84. The first-order chi connectivity index (χ1) is 12.3. The van der Waals surface area contributed by atoms with Crippen LogP contribution in [0.25, 0.3) is 0 Å².